The largest absolute Gasteiger partial charge is 0.497 e. The Balaban J connectivity index is 2.30. The minimum absolute atomic E-state index is 0.122. The van der Waals surface area contributed by atoms with Gasteiger partial charge in [-0.3, -0.25) is 0 Å². The second-order valence-electron chi connectivity index (χ2n) is 4.52. The molecule has 0 amide bonds. The van der Waals surface area contributed by atoms with Gasteiger partial charge in [0.2, 0.25) is 0 Å². The molecular formula is C12H15NO3S2. The molecule has 4 nitrogen and oxygen atoms in total. The quantitative estimate of drug-likeness (QED) is 0.839. The van der Waals surface area contributed by atoms with Crippen molar-refractivity contribution in [2.75, 3.05) is 13.4 Å². The SMILES string of the molecule is COc1ccc([C@H]2[C@H](C(N)=S)[C@@H]2S(C)(=O)=O)cc1. The number of nitrogens with two attached hydrogens (primary N) is 1. The van der Waals surface area contributed by atoms with Crippen molar-refractivity contribution in [3.8, 4) is 5.75 Å². The summed E-state index contributed by atoms with van der Waals surface area (Å²) in [6.07, 6.45) is 1.23. The average Bonchev–Trinajstić information content (AvgIpc) is 3.04. The second kappa shape index (κ2) is 4.51. The maximum absolute atomic E-state index is 11.7. The summed E-state index contributed by atoms with van der Waals surface area (Å²) in [7, 11) is -1.55. The molecule has 1 aromatic carbocycles. The molecular weight excluding hydrogens is 270 g/mol. The van der Waals surface area contributed by atoms with Crippen LogP contribution in [0.15, 0.2) is 24.3 Å². The maximum Gasteiger partial charge on any atom is 0.151 e. The zero-order valence-electron chi connectivity index (χ0n) is 10.2. The van der Waals surface area contributed by atoms with Crippen LogP contribution in [-0.4, -0.2) is 32.0 Å². The number of hydrogen-bond acceptors (Lipinski definition) is 4. The molecule has 0 saturated heterocycles. The predicted molar refractivity (Wildman–Crippen MR) is 74.6 cm³/mol. The predicted octanol–water partition coefficient (Wildman–Crippen LogP) is 1.11. The Morgan fingerprint density at radius 2 is 1.89 bits per heavy atom. The highest BCUT2D eigenvalue weighted by Gasteiger charge is 2.58. The number of benzene rings is 1. The lowest BCUT2D eigenvalue weighted by Crippen LogP contribution is -2.16. The van der Waals surface area contributed by atoms with E-state index in [-0.39, 0.29) is 16.8 Å². The third-order valence-corrected chi connectivity index (χ3v) is 5.12. The zero-order chi connectivity index (χ0) is 13.5. The molecule has 2 N–H and O–H groups in total. The molecule has 0 unspecified atom stereocenters. The van der Waals surface area contributed by atoms with Gasteiger partial charge >= 0.3 is 0 Å². The van der Waals surface area contributed by atoms with Crippen LogP contribution in [0.25, 0.3) is 0 Å². The number of ether oxygens (including phenoxy) is 1. The van der Waals surface area contributed by atoms with Crippen molar-refractivity contribution in [1.29, 1.82) is 0 Å². The van der Waals surface area contributed by atoms with E-state index in [1.54, 1.807) is 7.11 Å². The molecule has 1 aliphatic carbocycles. The van der Waals surface area contributed by atoms with Gasteiger partial charge in [0, 0.05) is 18.1 Å². The molecule has 0 aliphatic heterocycles. The fourth-order valence-electron chi connectivity index (χ4n) is 2.38. The van der Waals surface area contributed by atoms with Crippen molar-refractivity contribution < 1.29 is 13.2 Å². The van der Waals surface area contributed by atoms with Crippen molar-refractivity contribution in [2.45, 2.75) is 11.2 Å². The summed E-state index contributed by atoms with van der Waals surface area (Å²) in [5.41, 5.74) is 6.55. The van der Waals surface area contributed by atoms with E-state index in [0.29, 0.717) is 0 Å². The van der Waals surface area contributed by atoms with E-state index >= 15 is 0 Å². The van der Waals surface area contributed by atoms with Gasteiger partial charge in [-0.05, 0) is 17.7 Å². The highest BCUT2D eigenvalue weighted by atomic mass is 32.2. The van der Waals surface area contributed by atoms with Crippen LogP contribution in [0.1, 0.15) is 11.5 Å². The van der Waals surface area contributed by atoms with Crippen LogP contribution in [-0.2, 0) is 9.84 Å². The summed E-state index contributed by atoms with van der Waals surface area (Å²) >= 11 is 4.94. The summed E-state index contributed by atoms with van der Waals surface area (Å²) < 4.78 is 28.4. The van der Waals surface area contributed by atoms with E-state index in [2.05, 4.69) is 0 Å². The summed E-state index contributed by atoms with van der Waals surface area (Å²) in [5, 5.41) is -0.483. The molecule has 6 heteroatoms. The highest BCUT2D eigenvalue weighted by molar-refractivity contribution is 7.91. The summed E-state index contributed by atoms with van der Waals surface area (Å²) in [6.45, 7) is 0. The van der Waals surface area contributed by atoms with Crippen LogP contribution in [0.3, 0.4) is 0 Å². The number of methoxy groups -OCH3 is 1. The smallest absolute Gasteiger partial charge is 0.151 e. The van der Waals surface area contributed by atoms with E-state index in [4.69, 9.17) is 22.7 Å². The topological polar surface area (TPSA) is 69.4 Å². The Morgan fingerprint density at radius 1 is 1.33 bits per heavy atom. The van der Waals surface area contributed by atoms with Crippen molar-refractivity contribution in [1.82, 2.24) is 0 Å². The van der Waals surface area contributed by atoms with Gasteiger partial charge in [0.25, 0.3) is 0 Å². The molecule has 18 heavy (non-hydrogen) atoms. The Morgan fingerprint density at radius 3 is 2.22 bits per heavy atom. The normalized spacial score (nSPS) is 26.7. The molecule has 98 valence electrons. The molecule has 1 aliphatic rings. The van der Waals surface area contributed by atoms with Crippen LogP contribution in [0.2, 0.25) is 0 Å². The van der Waals surface area contributed by atoms with Crippen molar-refractivity contribution >= 4 is 27.0 Å². The van der Waals surface area contributed by atoms with Crippen molar-refractivity contribution in [3.63, 3.8) is 0 Å². The van der Waals surface area contributed by atoms with Gasteiger partial charge in [-0.1, -0.05) is 24.4 Å². The van der Waals surface area contributed by atoms with Crippen LogP contribution in [0.5, 0.6) is 5.75 Å². The molecule has 3 atom stereocenters. The Bertz CT molecular complexity index is 565. The number of hydrogen-bond donors (Lipinski definition) is 1. The monoisotopic (exact) mass is 285 g/mol. The summed E-state index contributed by atoms with van der Waals surface area (Å²) in [4.78, 5) is 0.270. The first-order chi connectivity index (χ1) is 8.36. The molecule has 2 rings (SSSR count). The van der Waals surface area contributed by atoms with Crippen LogP contribution < -0.4 is 10.5 Å². The van der Waals surface area contributed by atoms with Gasteiger partial charge in [-0.15, -0.1) is 0 Å². The van der Waals surface area contributed by atoms with E-state index in [1.807, 2.05) is 24.3 Å². The average molecular weight is 285 g/mol. The summed E-state index contributed by atoms with van der Waals surface area (Å²) in [5.74, 6) is 0.369. The van der Waals surface area contributed by atoms with E-state index in [1.165, 1.54) is 6.26 Å². The van der Waals surface area contributed by atoms with Crippen molar-refractivity contribution in [2.24, 2.45) is 11.7 Å². The molecule has 0 heterocycles. The first-order valence-corrected chi connectivity index (χ1v) is 7.84. The van der Waals surface area contributed by atoms with Crippen LogP contribution in [0.4, 0.5) is 0 Å². The number of sulfone groups is 1. The third kappa shape index (κ3) is 2.35. The van der Waals surface area contributed by atoms with Crippen molar-refractivity contribution in [3.05, 3.63) is 29.8 Å². The van der Waals surface area contributed by atoms with E-state index in [9.17, 15) is 8.42 Å². The Hall–Kier alpha value is -1.14. The molecule has 1 aromatic rings. The van der Waals surface area contributed by atoms with Gasteiger partial charge in [0.15, 0.2) is 9.84 Å². The van der Waals surface area contributed by atoms with Gasteiger partial charge in [-0.2, -0.15) is 0 Å². The maximum atomic E-state index is 11.7. The standard InChI is InChI=1S/C12H15NO3S2/c1-16-8-5-3-7(4-6-8)9-10(12(13)17)11(9)18(2,14)15/h3-6,9-11H,1-2H3,(H2,13,17)/t9-,10-,11+/m0/s1. The first kappa shape index (κ1) is 13.3. The van der Waals surface area contributed by atoms with Gasteiger partial charge < -0.3 is 10.5 Å². The lowest BCUT2D eigenvalue weighted by Gasteiger charge is -2.02. The molecule has 1 fully saturated rings. The minimum Gasteiger partial charge on any atom is -0.497 e. The Labute approximate surface area is 112 Å². The zero-order valence-corrected chi connectivity index (χ0v) is 11.8. The van der Waals surface area contributed by atoms with E-state index in [0.717, 1.165) is 11.3 Å². The number of thiocarbonyl (C=S) groups is 1. The van der Waals surface area contributed by atoms with Gasteiger partial charge in [0.1, 0.15) is 5.75 Å². The first-order valence-electron chi connectivity index (χ1n) is 5.48. The molecule has 0 spiro atoms. The molecule has 1 saturated carbocycles. The lowest BCUT2D eigenvalue weighted by molar-refractivity contribution is 0.414. The fourth-order valence-corrected chi connectivity index (χ4v) is 4.37. The highest BCUT2D eigenvalue weighted by Crippen LogP contribution is 2.52. The van der Waals surface area contributed by atoms with Crippen LogP contribution in [0, 0.1) is 5.92 Å². The summed E-state index contributed by atoms with van der Waals surface area (Å²) in [6, 6.07) is 7.34. The number of rotatable bonds is 4. The minimum atomic E-state index is -3.14. The lowest BCUT2D eigenvalue weighted by atomic mass is 10.1. The molecule has 0 aromatic heterocycles. The third-order valence-electron chi connectivity index (χ3n) is 3.28. The van der Waals surface area contributed by atoms with Gasteiger partial charge in [0.05, 0.1) is 17.3 Å². The molecule has 0 bridgehead atoms. The second-order valence-corrected chi connectivity index (χ2v) is 7.20. The van der Waals surface area contributed by atoms with Crippen LogP contribution >= 0.6 is 12.2 Å². The fraction of sp³-hybridized carbons (Fsp3) is 0.417. The Kier molecular flexibility index (Phi) is 3.33. The van der Waals surface area contributed by atoms with Gasteiger partial charge in [-0.25, -0.2) is 8.42 Å². The molecule has 0 radical (unpaired) electrons. The van der Waals surface area contributed by atoms with E-state index < -0.39 is 15.1 Å².